The number of carboxylic acid groups (broad SMARTS) is 1. The van der Waals surface area contributed by atoms with E-state index in [1.165, 1.54) is 0 Å². The topological polar surface area (TPSA) is 87.7 Å². The molecule has 1 heterocycles. The van der Waals surface area contributed by atoms with Crippen molar-refractivity contribution in [2.75, 3.05) is 18.5 Å². The molecule has 3 N–H and O–H groups in total. The molecule has 0 aliphatic carbocycles. The standard InChI is InChI=1S/C15H20N2O4/c1-2-11-4-3-5-12(10-11)16-14(20)17-15(13(18)19)6-8-21-9-7-15/h3-5,10H,2,6-9H2,1H3,(H,18,19)(H2,16,17,20). The van der Waals surface area contributed by atoms with E-state index in [-0.39, 0.29) is 12.8 Å². The van der Waals surface area contributed by atoms with Crippen LogP contribution in [0.4, 0.5) is 10.5 Å². The number of amides is 2. The van der Waals surface area contributed by atoms with Crippen LogP contribution in [0.1, 0.15) is 25.3 Å². The number of nitrogens with one attached hydrogen (secondary N) is 2. The SMILES string of the molecule is CCc1cccc(NC(=O)NC2(C(=O)O)CCOCC2)c1. The Hall–Kier alpha value is -2.08. The lowest BCUT2D eigenvalue weighted by molar-refractivity contribution is -0.148. The molecule has 1 aromatic carbocycles. The highest BCUT2D eigenvalue weighted by Gasteiger charge is 2.41. The van der Waals surface area contributed by atoms with E-state index in [2.05, 4.69) is 10.6 Å². The van der Waals surface area contributed by atoms with E-state index in [1.807, 2.05) is 25.1 Å². The van der Waals surface area contributed by atoms with E-state index in [0.717, 1.165) is 12.0 Å². The summed E-state index contributed by atoms with van der Waals surface area (Å²) in [5, 5.41) is 14.7. The zero-order valence-corrected chi connectivity index (χ0v) is 12.0. The van der Waals surface area contributed by atoms with Gasteiger partial charge >= 0.3 is 12.0 Å². The first-order chi connectivity index (χ1) is 10.1. The van der Waals surface area contributed by atoms with Gasteiger partial charge < -0.3 is 20.5 Å². The van der Waals surface area contributed by atoms with Gasteiger partial charge in [0.1, 0.15) is 5.54 Å². The Morgan fingerprint density at radius 1 is 1.33 bits per heavy atom. The van der Waals surface area contributed by atoms with Gasteiger partial charge in [-0.2, -0.15) is 0 Å². The highest BCUT2D eigenvalue weighted by molar-refractivity contribution is 5.94. The summed E-state index contributed by atoms with van der Waals surface area (Å²) < 4.78 is 5.17. The maximum atomic E-state index is 12.1. The molecule has 21 heavy (non-hydrogen) atoms. The highest BCUT2D eigenvalue weighted by atomic mass is 16.5. The second-order valence-corrected chi connectivity index (χ2v) is 5.13. The molecule has 1 fully saturated rings. The van der Waals surface area contributed by atoms with Crippen molar-refractivity contribution in [2.45, 2.75) is 31.7 Å². The molecule has 1 aromatic rings. The molecule has 6 heteroatoms. The maximum Gasteiger partial charge on any atom is 0.329 e. The van der Waals surface area contributed by atoms with Crippen molar-refractivity contribution in [3.8, 4) is 0 Å². The van der Waals surface area contributed by atoms with Crippen molar-refractivity contribution in [2.24, 2.45) is 0 Å². The number of rotatable bonds is 4. The number of anilines is 1. The number of carbonyl (C=O) groups is 2. The Labute approximate surface area is 123 Å². The molecule has 1 aliphatic heterocycles. The quantitative estimate of drug-likeness (QED) is 0.792. The molecule has 114 valence electrons. The van der Waals surface area contributed by atoms with E-state index >= 15 is 0 Å². The van der Waals surface area contributed by atoms with Crippen LogP contribution in [0.3, 0.4) is 0 Å². The summed E-state index contributed by atoms with van der Waals surface area (Å²) in [6.45, 7) is 2.69. The number of aliphatic carboxylic acids is 1. The Balaban J connectivity index is 2.03. The number of carboxylic acids is 1. The van der Waals surface area contributed by atoms with Crippen LogP contribution in [0.25, 0.3) is 0 Å². The predicted octanol–water partition coefficient (Wildman–Crippen LogP) is 2.00. The summed E-state index contributed by atoms with van der Waals surface area (Å²) >= 11 is 0. The minimum atomic E-state index is -1.25. The van der Waals surface area contributed by atoms with E-state index in [0.29, 0.717) is 18.9 Å². The van der Waals surface area contributed by atoms with Crippen molar-refractivity contribution in [1.82, 2.24) is 5.32 Å². The maximum absolute atomic E-state index is 12.1. The van der Waals surface area contributed by atoms with Crippen molar-refractivity contribution >= 4 is 17.7 Å². The third kappa shape index (κ3) is 3.72. The fraction of sp³-hybridized carbons (Fsp3) is 0.467. The third-order valence-corrected chi connectivity index (χ3v) is 3.70. The lowest BCUT2D eigenvalue weighted by atomic mass is 9.90. The minimum absolute atomic E-state index is 0.269. The number of hydrogen-bond acceptors (Lipinski definition) is 3. The van der Waals surface area contributed by atoms with Crippen LogP contribution in [0.2, 0.25) is 0 Å². The summed E-state index contributed by atoms with van der Waals surface area (Å²) in [4.78, 5) is 23.5. The Morgan fingerprint density at radius 3 is 2.67 bits per heavy atom. The smallest absolute Gasteiger partial charge is 0.329 e. The molecule has 0 radical (unpaired) electrons. The number of carbonyl (C=O) groups excluding carboxylic acids is 1. The van der Waals surface area contributed by atoms with Crippen molar-refractivity contribution in [3.05, 3.63) is 29.8 Å². The lowest BCUT2D eigenvalue weighted by Crippen LogP contribution is -2.58. The van der Waals surface area contributed by atoms with Gasteiger partial charge in [0, 0.05) is 31.7 Å². The number of benzene rings is 1. The van der Waals surface area contributed by atoms with Crippen LogP contribution >= 0.6 is 0 Å². The second-order valence-electron chi connectivity index (χ2n) is 5.13. The predicted molar refractivity (Wildman–Crippen MR) is 78.4 cm³/mol. The molecule has 0 saturated carbocycles. The summed E-state index contributed by atoms with van der Waals surface area (Å²) in [5.74, 6) is -1.02. The number of urea groups is 1. The first kappa shape index (κ1) is 15.3. The molecule has 0 atom stereocenters. The number of hydrogen-bond donors (Lipinski definition) is 3. The Bertz CT molecular complexity index is 524. The van der Waals surface area contributed by atoms with Crippen molar-refractivity contribution in [1.29, 1.82) is 0 Å². The van der Waals surface area contributed by atoms with Gasteiger partial charge in [-0.25, -0.2) is 9.59 Å². The van der Waals surface area contributed by atoms with E-state index in [9.17, 15) is 14.7 Å². The Morgan fingerprint density at radius 2 is 2.05 bits per heavy atom. The first-order valence-corrected chi connectivity index (χ1v) is 7.05. The van der Waals surface area contributed by atoms with E-state index in [4.69, 9.17) is 4.74 Å². The van der Waals surface area contributed by atoms with Gasteiger partial charge in [-0.1, -0.05) is 19.1 Å². The van der Waals surface area contributed by atoms with Gasteiger partial charge in [-0.15, -0.1) is 0 Å². The summed E-state index contributed by atoms with van der Waals surface area (Å²) in [6.07, 6.45) is 1.41. The van der Waals surface area contributed by atoms with Crippen LogP contribution in [-0.2, 0) is 16.0 Å². The normalized spacial score (nSPS) is 17.0. The number of ether oxygens (including phenoxy) is 1. The average Bonchev–Trinajstić information content (AvgIpc) is 2.48. The van der Waals surface area contributed by atoms with Gasteiger partial charge in [-0.3, -0.25) is 0 Å². The Kier molecular flexibility index (Phi) is 4.80. The van der Waals surface area contributed by atoms with Crippen LogP contribution in [0.5, 0.6) is 0 Å². The summed E-state index contributed by atoms with van der Waals surface area (Å²) in [6, 6.07) is 6.97. The fourth-order valence-corrected chi connectivity index (χ4v) is 2.36. The van der Waals surface area contributed by atoms with Gasteiger partial charge in [0.15, 0.2) is 0 Å². The largest absolute Gasteiger partial charge is 0.480 e. The second kappa shape index (κ2) is 6.58. The summed E-state index contributed by atoms with van der Waals surface area (Å²) in [7, 11) is 0. The van der Waals surface area contributed by atoms with Crippen LogP contribution in [0, 0.1) is 0 Å². The van der Waals surface area contributed by atoms with Crippen LogP contribution in [-0.4, -0.2) is 35.9 Å². The van der Waals surface area contributed by atoms with Crippen molar-refractivity contribution < 1.29 is 19.4 Å². The van der Waals surface area contributed by atoms with Crippen LogP contribution < -0.4 is 10.6 Å². The highest BCUT2D eigenvalue weighted by Crippen LogP contribution is 2.21. The molecule has 0 spiro atoms. The zero-order valence-electron chi connectivity index (χ0n) is 12.0. The van der Waals surface area contributed by atoms with Gasteiger partial charge in [-0.05, 0) is 24.1 Å². The molecule has 6 nitrogen and oxygen atoms in total. The van der Waals surface area contributed by atoms with Crippen molar-refractivity contribution in [3.63, 3.8) is 0 Å². The third-order valence-electron chi connectivity index (χ3n) is 3.70. The molecule has 2 amide bonds. The van der Waals surface area contributed by atoms with Gasteiger partial charge in [0.05, 0.1) is 0 Å². The van der Waals surface area contributed by atoms with Gasteiger partial charge in [0.2, 0.25) is 0 Å². The molecular formula is C15H20N2O4. The molecule has 1 saturated heterocycles. The average molecular weight is 292 g/mol. The van der Waals surface area contributed by atoms with Gasteiger partial charge in [0.25, 0.3) is 0 Å². The molecule has 1 aliphatic rings. The first-order valence-electron chi connectivity index (χ1n) is 7.05. The van der Waals surface area contributed by atoms with Crippen LogP contribution in [0.15, 0.2) is 24.3 Å². The lowest BCUT2D eigenvalue weighted by Gasteiger charge is -2.33. The fourth-order valence-electron chi connectivity index (χ4n) is 2.36. The monoisotopic (exact) mass is 292 g/mol. The molecular weight excluding hydrogens is 272 g/mol. The number of aryl methyl sites for hydroxylation is 1. The molecule has 2 rings (SSSR count). The molecule has 0 bridgehead atoms. The molecule has 0 aromatic heterocycles. The summed E-state index contributed by atoms with van der Waals surface area (Å²) in [5.41, 5.74) is 0.510. The van der Waals surface area contributed by atoms with E-state index < -0.39 is 17.5 Å². The van der Waals surface area contributed by atoms with E-state index in [1.54, 1.807) is 6.07 Å². The minimum Gasteiger partial charge on any atom is -0.480 e. The zero-order chi connectivity index (χ0) is 15.3. The molecule has 0 unspecified atom stereocenters.